The zero-order chi connectivity index (χ0) is 46.0. The van der Waals surface area contributed by atoms with E-state index in [1.165, 1.54) is 0 Å². The average molecular weight is 913 g/mol. The Hall–Kier alpha value is -3.26. The molecule has 0 rings (SSSR count). The fourth-order valence-electron chi connectivity index (χ4n) is 5.00. The Morgan fingerprint density at radius 2 is 1.02 bits per heavy atom. The number of phosphoric ester groups is 2. The van der Waals surface area contributed by atoms with Crippen LogP contribution < -0.4 is 0 Å². The first kappa shape index (κ1) is 58.7. The first-order chi connectivity index (χ1) is 29.8. The molecule has 62 heavy (non-hydrogen) atoms. The number of unbranched alkanes of at least 4 members (excludes halogenated alkanes) is 5. The van der Waals surface area contributed by atoms with Crippen LogP contribution in [0.3, 0.4) is 0 Å². The Bertz CT molecular complexity index is 1520. The maximum atomic E-state index is 12.7. The first-order valence-corrected chi connectivity index (χ1v) is 24.7. The number of hydrogen-bond acceptors (Lipinski definition) is 11. The van der Waals surface area contributed by atoms with Gasteiger partial charge in [-0.3, -0.25) is 23.2 Å². The van der Waals surface area contributed by atoms with Crippen molar-refractivity contribution in [2.24, 2.45) is 0 Å². The van der Waals surface area contributed by atoms with Crippen molar-refractivity contribution >= 4 is 27.6 Å². The minimum Gasteiger partial charge on any atom is -0.462 e. The average Bonchev–Trinajstić information content (AvgIpc) is 3.23. The maximum absolute atomic E-state index is 12.7. The number of esters is 2. The molecule has 0 spiro atoms. The first-order valence-electron chi connectivity index (χ1n) is 21.7. The van der Waals surface area contributed by atoms with Gasteiger partial charge in [0.25, 0.3) is 0 Å². The lowest BCUT2D eigenvalue weighted by Crippen LogP contribution is -2.30. The lowest BCUT2D eigenvalue weighted by atomic mass is 10.1. The Morgan fingerprint density at radius 1 is 0.532 bits per heavy atom. The van der Waals surface area contributed by atoms with Gasteiger partial charge in [-0.2, -0.15) is 0 Å². The molecule has 0 radical (unpaired) electrons. The van der Waals surface area contributed by atoms with Gasteiger partial charge in [-0.1, -0.05) is 142 Å². The van der Waals surface area contributed by atoms with E-state index < -0.39 is 72.3 Å². The van der Waals surface area contributed by atoms with Crippen LogP contribution in [0.15, 0.2) is 109 Å². The number of carbonyl (C=O) groups excluding carboxylic acids is 2. The maximum Gasteiger partial charge on any atom is 0.472 e. The third-order valence-corrected chi connectivity index (χ3v) is 9.70. The van der Waals surface area contributed by atoms with Gasteiger partial charge in [0.05, 0.1) is 25.9 Å². The van der Waals surface area contributed by atoms with Crippen molar-refractivity contribution in [1.82, 2.24) is 0 Å². The molecule has 0 heterocycles. The number of rotatable bonds is 39. The van der Waals surface area contributed by atoms with E-state index in [2.05, 4.69) is 102 Å². The minimum atomic E-state index is -4.89. The van der Waals surface area contributed by atoms with E-state index in [1.54, 1.807) is 18.2 Å². The fourth-order valence-corrected chi connectivity index (χ4v) is 6.16. The highest BCUT2D eigenvalue weighted by Gasteiger charge is 2.28. The number of hydrogen-bond donors (Lipinski definition) is 5. The van der Waals surface area contributed by atoms with Crippen LogP contribution in [0.1, 0.15) is 123 Å². The van der Waals surface area contributed by atoms with Crippen LogP contribution in [0.5, 0.6) is 0 Å². The molecule has 0 amide bonds. The number of aliphatic hydroxyl groups is 2. The van der Waals surface area contributed by atoms with Crippen LogP contribution in [-0.2, 0) is 41.8 Å². The van der Waals surface area contributed by atoms with Crippen LogP contribution in [0.4, 0.5) is 0 Å². The highest BCUT2D eigenvalue weighted by molar-refractivity contribution is 7.47. The van der Waals surface area contributed by atoms with Gasteiger partial charge in [0.15, 0.2) is 6.10 Å². The normalized spacial score (nSPS) is 15.5. The largest absolute Gasteiger partial charge is 0.472 e. The van der Waals surface area contributed by atoms with Crippen molar-refractivity contribution < 1.29 is 66.7 Å². The van der Waals surface area contributed by atoms with E-state index in [0.717, 1.165) is 83.5 Å². The van der Waals surface area contributed by atoms with Crippen LogP contribution in [0, 0.1) is 0 Å². The van der Waals surface area contributed by atoms with Gasteiger partial charge in [0.2, 0.25) is 0 Å². The van der Waals surface area contributed by atoms with Crippen LogP contribution in [-0.4, -0.2) is 81.6 Å². The zero-order valence-electron chi connectivity index (χ0n) is 36.8. The molecule has 0 saturated carbocycles. The van der Waals surface area contributed by atoms with E-state index >= 15 is 0 Å². The van der Waals surface area contributed by atoms with Crippen LogP contribution >= 0.6 is 15.6 Å². The van der Waals surface area contributed by atoms with Crippen molar-refractivity contribution in [2.75, 3.05) is 26.4 Å². The fraction of sp³-hybridized carbons (Fsp3) is 0.565. The quantitative estimate of drug-likeness (QED) is 0.0128. The molecule has 2 unspecified atom stereocenters. The number of aliphatic hydroxyl groups excluding tert-OH is 2. The van der Waals surface area contributed by atoms with Crippen molar-refractivity contribution in [3.8, 4) is 0 Å². The number of allylic oxidation sites excluding steroid dienone is 17. The molecular weight excluding hydrogens is 838 g/mol. The van der Waals surface area contributed by atoms with Crippen LogP contribution in [0.2, 0.25) is 0 Å². The summed E-state index contributed by atoms with van der Waals surface area (Å²) >= 11 is 0. The van der Waals surface area contributed by atoms with Crippen LogP contribution in [0.25, 0.3) is 0 Å². The number of ether oxygens (including phenoxy) is 2. The van der Waals surface area contributed by atoms with Crippen molar-refractivity contribution in [2.45, 2.75) is 141 Å². The Morgan fingerprint density at radius 3 is 1.58 bits per heavy atom. The summed E-state index contributed by atoms with van der Waals surface area (Å²) in [5, 5.41) is 20.0. The predicted molar refractivity (Wildman–Crippen MR) is 245 cm³/mol. The highest BCUT2D eigenvalue weighted by Crippen LogP contribution is 2.43. The summed E-state index contributed by atoms with van der Waals surface area (Å²) < 4.78 is 47.6. The summed E-state index contributed by atoms with van der Waals surface area (Å²) in [5.74, 6) is -1.35. The topological polar surface area (TPSA) is 216 Å². The number of carbonyl (C=O) groups is 2. The molecule has 14 nitrogen and oxygen atoms in total. The second kappa shape index (κ2) is 40.5. The molecule has 0 aliphatic carbocycles. The summed E-state index contributed by atoms with van der Waals surface area (Å²) in [6, 6.07) is 0. The van der Waals surface area contributed by atoms with Crippen molar-refractivity contribution in [3.63, 3.8) is 0 Å². The Balaban J connectivity index is 4.79. The zero-order valence-corrected chi connectivity index (χ0v) is 38.6. The van der Waals surface area contributed by atoms with Gasteiger partial charge in [-0.05, 0) is 77.0 Å². The van der Waals surface area contributed by atoms with E-state index in [9.17, 15) is 33.8 Å². The summed E-state index contributed by atoms with van der Waals surface area (Å²) in [5.41, 5.74) is 0. The Kier molecular flexibility index (Phi) is 38.4. The standard InChI is InChI=1S/C46H74O14P2/c1-3-5-7-9-11-13-15-17-19-21-22-24-26-28-30-32-34-42(47)36-37-45(49)56-40-44(41-59-62(54,55)58-39-43(48)38-57-61(51,52)53)60-46(50)35-33-31-29-27-25-23-20-18-16-14-12-10-8-6-4-2/h5-8,11-14,17-20,22,24,28,30,32,34,42-44,47-48H,3-4,9-10,15-16,21,23,25-27,29,31,33,35-41H2,1-2H3,(H,54,55)(H2,51,52,53)/b7-5-,8-6-,13-11-,14-12-,19-17-,20-18-,24-22-,30-28-,34-32-/t42?,43-,44+/m0/s1. The summed E-state index contributed by atoms with van der Waals surface area (Å²) in [4.78, 5) is 52.7. The number of phosphoric acid groups is 2. The van der Waals surface area contributed by atoms with E-state index in [0.29, 0.717) is 6.42 Å². The van der Waals surface area contributed by atoms with Gasteiger partial charge in [-0.15, -0.1) is 0 Å². The van der Waals surface area contributed by atoms with Gasteiger partial charge in [0.1, 0.15) is 12.7 Å². The monoisotopic (exact) mass is 912 g/mol. The van der Waals surface area contributed by atoms with Gasteiger partial charge < -0.3 is 34.4 Å². The molecule has 0 saturated heterocycles. The predicted octanol–water partition coefficient (Wildman–Crippen LogP) is 10.1. The Labute approximate surface area is 370 Å². The molecule has 0 fully saturated rings. The highest BCUT2D eigenvalue weighted by atomic mass is 31.2. The molecule has 0 aliphatic rings. The van der Waals surface area contributed by atoms with E-state index in [4.69, 9.17) is 23.8 Å². The van der Waals surface area contributed by atoms with E-state index in [-0.39, 0.29) is 19.3 Å². The lowest BCUT2D eigenvalue weighted by Gasteiger charge is -2.20. The van der Waals surface area contributed by atoms with Crippen molar-refractivity contribution in [3.05, 3.63) is 109 Å². The third kappa shape index (κ3) is 43.4. The molecule has 0 aromatic rings. The SMILES string of the molecule is CC/C=C\C/C=C\C/C=C\C/C=C\C/C=C\C=C/C(O)CCC(=O)OC[C@H](COP(=O)(O)OC[C@@H](O)COP(=O)(O)O)OC(=O)CCCCCCC/C=C\C/C=C\C/C=C\CC. The molecule has 16 heteroatoms. The summed E-state index contributed by atoms with van der Waals surface area (Å²) in [6.07, 6.45) is 45.5. The van der Waals surface area contributed by atoms with Gasteiger partial charge in [-0.25, -0.2) is 9.13 Å². The summed E-state index contributed by atoms with van der Waals surface area (Å²) in [6.45, 7) is 1.22. The molecule has 0 aromatic heterocycles. The second-order valence-electron chi connectivity index (χ2n) is 14.1. The third-order valence-electron chi connectivity index (χ3n) is 8.26. The molecule has 0 aromatic carbocycles. The minimum absolute atomic E-state index is 0.0551. The van der Waals surface area contributed by atoms with Gasteiger partial charge in [0, 0.05) is 12.8 Å². The molecule has 352 valence electrons. The van der Waals surface area contributed by atoms with Gasteiger partial charge >= 0.3 is 27.6 Å². The van der Waals surface area contributed by atoms with E-state index in [1.807, 2.05) is 12.2 Å². The molecule has 5 N–H and O–H groups in total. The molecule has 0 bridgehead atoms. The molecule has 4 atom stereocenters. The molecule has 0 aliphatic heterocycles. The van der Waals surface area contributed by atoms with Crippen molar-refractivity contribution in [1.29, 1.82) is 0 Å². The summed E-state index contributed by atoms with van der Waals surface area (Å²) in [7, 11) is -9.77. The smallest absolute Gasteiger partial charge is 0.462 e. The second-order valence-corrected chi connectivity index (χ2v) is 16.7. The lowest BCUT2D eigenvalue weighted by molar-refractivity contribution is -0.161. The molecular formula is C46H74O14P2.